The molecule has 0 aromatic heterocycles. The molecule has 54 heavy (non-hydrogen) atoms. The predicted octanol–water partition coefficient (Wildman–Crippen LogP) is 4.32. The first-order valence-corrected chi connectivity index (χ1v) is 16.0. The third kappa shape index (κ3) is 9.18. The maximum Gasteiger partial charge on any atom is 0.339 e. The number of nitriles is 1. The molecule has 17 heteroatoms. The largest absolute Gasteiger partial charge is 0.504 e. The third-order valence-electron chi connectivity index (χ3n) is 7.73. The van der Waals surface area contributed by atoms with Crippen molar-refractivity contribution in [1.29, 1.82) is 5.26 Å². The summed E-state index contributed by atoms with van der Waals surface area (Å²) in [4.78, 5) is 74.9. The van der Waals surface area contributed by atoms with Crippen molar-refractivity contribution in [3.63, 3.8) is 0 Å². The number of nitrogens with zero attached hydrogens (tertiary/aromatic N) is 1. The summed E-state index contributed by atoms with van der Waals surface area (Å²) in [7, 11) is 2.36. The molecule has 0 saturated carbocycles. The van der Waals surface area contributed by atoms with Crippen LogP contribution in [0.1, 0.15) is 61.2 Å². The second kappa shape index (κ2) is 17.5. The topological polar surface area (TPSA) is 266 Å². The van der Waals surface area contributed by atoms with Crippen LogP contribution < -0.4 is 36.1 Å². The van der Waals surface area contributed by atoms with Gasteiger partial charge in [0.2, 0.25) is 11.8 Å². The SMILES string of the molecule is CCC(=O)Nc1ccc(C(=O)NC(CC#N)C(=O)Nc2ccc(C(=O)Nc3ccc(C(=O)Nc4ccc(C(=O)O)c(O)c4OC)c(O)c3OC)cc2)cc1. The van der Waals surface area contributed by atoms with E-state index in [1.807, 2.05) is 6.07 Å². The zero-order chi connectivity index (χ0) is 39.5. The summed E-state index contributed by atoms with van der Waals surface area (Å²) >= 11 is 0. The van der Waals surface area contributed by atoms with Crippen molar-refractivity contribution in [2.75, 3.05) is 35.5 Å². The molecule has 8 N–H and O–H groups in total. The van der Waals surface area contributed by atoms with E-state index in [2.05, 4.69) is 26.6 Å². The molecule has 0 radical (unpaired) electrons. The van der Waals surface area contributed by atoms with E-state index < -0.39 is 52.7 Å². The van der Waals surface area contributed by atoms with Crippen LogP contribution in [0.25, 0.3) is 0 Å². The average molecular weight is 739 g/mol. The Morgan fingerprint density at radius 1 is 0.667 bits per heavy atom. The van der Waals surface area contributed by atoms with Gasteiger partial charge in [-0.25, -0.2) is 4.79 Å². The van der Waals surface area contributed by atoms with E-state index in [0.29, 0.717) is 5.69 Å². The first-order chi connectivity index (χ1) is 25.8. The molecule has 0 spiro atoms. The van der Waals surface area contributed by atoms with Crippen molar-refractivity contribution in [3.8, 4) is 29.1 Å². The van der Waals surface area contributed by atoms with Crippen LogP contribution in [0.5, 0.6) is 23.0 Å². The van der Waals surface area contributed by atoms with Gasteiger partial charge in [0.25, 0.3) is 17.7 Å². The molecule has 0 aliphatic carbocycles. The highest BCUT2D eigenvalue weighted by molar-refractivity contribution is 6.10. The summed E-state index contributed by atoms with van der Waals surface area (Å²) < 4.78 is 10.3. The fraction of sp³-hybridized carbons (Fsp3) is 0.162. The van der Waals surface area contributed by atoms with Crippen LogP contribution in [0.3, 0.4) is 0 Å². The standard InChI is InChI=1S/C37H34N6O11/c1-4-28(44)39-21-9-5-20(6-10-21)34(48)43-27(17-18-38)36(50)40-22-11-7-19(8-12-22)33(47)41-25-15-13-23(29(45)31(25)53-2)35(49)42-26-16-14-24(37(51)52)30(46)32(26)54-3/h5-16,27,45-46H,4,17H2,1-3H3,(H,39,44)(H,40,50)(H,41,47)(H,42,49)(H,43,48)(H,51,52). The number of carboxylic acid groups (broad SMARTS) is 1. The second-order valence-corrected chi connectivity index (χ2v) is 11.2. The number of hydrogen-bond donors (Lipinski definition) is 8. The first-order valence-electron chi connectivity index (χ1n) is 16.0. The number of anilines is 4. The van der Waals surface area contributed by atoms with Crippen molar-refractivity contribution in [2.45, 2.75) is 25.8 Å². The molecule has 278 valence electrons. The summed E-state index contributed by atoms with van der Waals surface area (Å²) in [5.41, 5.74) is 0.204. The summed E-state index contributed by atoms with van der Waals surface area (Å²) in [6.45, 7) is 1.70. The summed E-state index contributed by atoms with van der Waals surface area (Å²) in [5, 5.41) is 52.4. The minimum Gasteiger partial charge on any atom is -0.504 e. The molecule has 4 aromatic carbocycles. The lowest BCUT2D eigenvalue weighted by molar-refractivity contribution is -0.118. The van der Waals surface area contributed by atoms with Crippen molar-refractivity contribution >= 4 is 58.3 Å². The molecule has 0 bridgehead atoms. The highest BCUT2D eigenvalue weighted by atomic mass is 16.5. The lowest BCUT2D eigenvalue weighted by Crippen LogP contribution is -2.43. The van der Waals surface area contributed by atoms with Crippen molar-refractivity contribution < 1.29 is 53.6 Å². The molecule has 0 aliphatic rings. The van der Waals surface area contributed by atoms with Gasteiger partial charge in [0, 0.05) is 28.9 Å². The zero-order valence-corrected chi connectivity index (χ0v) is 29.0. The Bertz CT molecular complexity index is 2150. The summed E-state index contributed by atoms with van der Waals surface area (Å²) in [5.74, 6) is -6.41. The van der Waals surface area contributed by atoms with E-state index in [1.165, 1.54) is 73.8 Å². The number of aromatic carboxylic acids is 1. The van der Waals surface area contributed by atoms with E-state index in [9.17, 15) is 49.3 Å². The molecular formula is C37H34N6O11. The number of hydrogen-bond acceptors (Lipinski definition) is 11. The Morgan fingerprint density at radius 2 is 1.15 bits per heavy atom. The average Bonchev–Trinajstić information content (AvgIpc) is 3.15. The Balaban J connectivity index is 1.41. The maximum absolute atomic E-state index is 13.1. The lowest BCUT2D eigenvalue weighted by Gasteiger charge is -2.17. The van der Waals surface area contributed by atoms with E-state index >= 15 is 0 Å². The molecule has 17 nitrogen and oxygen atoms in total. The van der Waals surface area contributed by atoms with Crippen LogP contribution in [0.15, 0.2) is 72.8 Å². The Labute approximate surface area is 307 Å². The van der Waals surface area contributed by atoms with Crippen LogP contribution >= 0.6 is 0 Å². The van der Waals surface area contributed by atoms with Crippen LogP contribution in [0.2, 0.25) is 0 Å². The fourth-order valence-electron chi connectivity index (χ4n) is 4.92. The van der Waals surface area contributed by atoms with Crippen molar-refractivity contribution in [2.24, 2.45) is 0 Å². The van der Waals surface area contributed by atoms with Crippen LogP contribution in [-0.2, 0) is 9.59 Å². The predicted molar refractivity (Wildman–Crippen MR) is 194 cm³/mol. The Kier molecular flexibility index (Phi) is 12.7. The number of carbonyl (C=O) groups is 6. The summed E-state index contributed by atoms with van der Waals surface area (Å²) in [6.07, 6.45) is -0.0546. The van der Waals surface area contributed by atoms with Gasteiger partial charge in [-0.3, -0.25) is 24.0 Å². The fourth-order valence-corrected chi connectivity index (χ4v) is 4.92. The van der Waals surface area contributed by atoms with E-state index in [1.54, 1.807) is 6.92 Å². The monoisotopic (exact) mass is 738 g/mol. The summed E-state index contributed by atoms with van der Waals surface area (Å²) in [6, 6.07) is 17.0. The number of carboxylic acids is 1. The van der Waals surface area contributed by atoms with E-state index in [4.69, 9.17) is 9.47 Å². The molecule has 4 aromatic rings. The number of nitrogens with one attached hydrogen (secondary N) is 5. The molecular weight excluding hydrogens is 704 g/mol. The zero-order valence-electron chi connectivity index (χ0n) is 29.0. The molecule has 0 heterocycles. The van der Waals surface area contributed by atoms with Gasteiger partial charge in [-0.05, 0) is 72.8 Å². The number of rotatable bonds is 14. The second-order valence-electron chi connectivity index (χ2n) is 11.2. The van der Waals surface area contributed by atoms with Gasteiger partial charge >= 0.3 is 5.97 Å². The molecule has 1 atom stereocenters. The highest BCUT2D eigenvalue weighted by Gasteiger charge is 2.25. The van der Waals surface area contributed by atoms with Gasteiger partial charge in [-0.15, -0.1) is 0 Å². The smallest absolute Gasteiger partial charge is 0.339 e. The van der Waals surface area contributed by atoms with Gasteiger partial charge in [0.05, 0.1) is 43.6 Å². The number of ether oxygens (including phenoxy) is 2. The molecule has 0 fully saturated rings. The number of methoxy groups -OCH3 is 2. The van der Waals surface area contributed by atoms with Crippen LogP contribution in [0, 0.1) is 11.3 Å². The van der Waals surface area contributed by atoms with Gasteiger partial charge in [-0.1, -0.05) is 6.92 Å². The van der Waals surface area contributed by atoms with Crippen LogP contribution in [0.4, 0.5) is 22.7 Å². The van der Waals surface area contributed by atoms with Crippen LogP contribution in [-0.4, -0.2) is 71.1 Å². The third-order valence-corrected chi connectivity index (χ3v) is 7.73. The van der Waals surface area contributed by atoms with E-state index in [0.717, 1.165) is 13.2 Å². The molecule has 4 rings (SSSR count). The Hall–Kier alpha value is -7.61. The van der Waals surface area contributed by atoms with Gasteiger partial charge in [-0.2, -0.15) is 5.26 Å². The number of benzene rings is 4. The molecule has 0 aliphatic heterocycles. The van der Waals surface area contributed by atoms with Gasteiger partial charge in [0.1, 0.15) is 11.6 Å². The number of aromatic hydroxyl groups is 2. The highest BCUT2D eigenvalue weighted by Crippen LogP contribution is 2.40. The molecule has 0 saturated heterocycles. The molecule has 1 unspecified atom stereocenters. The first kappa shape index (κ1) is 39.2. The minimum atomic E-state index is -1.42. The van der Waals surface area contributed by atoms with Crippen molar-refractivity contribution in [1.82, 2.24) is 5.32 Å². The minimum absolute atomic E-state index is 0.00889. The van der Waals surface area contributed by atoms with Crippen molar-refractivity contribution in [3.05, 3.63) is 95.1 Å². The number of carbonyl (C=O) groups excluding carboxylic acids is 5. The molecule has 5 amide bonds. The quantitative estimate of drug-likeness (QED) is 0.0899. The number of phenolic OH excluding ortho intramolecular Hbond substituents is 1. The normalized spacial score (nSPS) is 10.9. The Morgan fingerprint density at radius 3 is 1.65 bits per heavy atom. The maximum atomic E-state index is 13.1. The van der Waals surface area contributed by atoms with E-state index in [-0.39, 0.29) is 64.0 Å². The number of amides is 5. The lowest BCUT2D eigenvalue weighted by atomic mass is 10.1. The number of phenols is 2. The van der Waals surface area contributed by atoms with Gasteiger partial charge in [0.15, 0.2) is 23.0 Å². The van der Waals surface area contributed by atoms with Gasteiger partial charge < -0.3 is 51.4 Å².